The zero-order chi connectivity index (χ0) is 12.0. The van der Waals surface area contributed by atoms with Crippen molar-refractivity contribution < 1.29 is 0 Å². The molecule has 0 aromatic carbocycles. The molecule has 16 heavy (non-hydrogen) atoms. The molecule has 0 fully saturated rings. The number of halogens is 1. The average Bonchev–Trinajstić information content (AvgIpc) is 2.27. The van der Waals surface area contributed by atoms with Crippen molar-refractivity contribution in [1.29, 1.82) is 0 Å². The number of nitrogens with zero attached hydrogens (tertiary/aromatic N) is 1. The number of rotatable bonds is 6. The number of thioether (sulfide) groups is 1. The van der Waals surface area contributed by atoms with Crippen LogP contribution >= 0.6 is 27.7 Å². The molecular weight excluding hydrogens is 284 g/mol. The van der Waals surface area contributed by atoms with Gasteiger partial charge in [-0.15, -0.1) is 11.8 Å². The van der Waals surface area contributed by atoms with E-state index in [0.717, 1.165) is 21.8 Å². The van der Waals surface area contributed by atoms with Crippen molar-refractivity contribution in [2.75, 3.05) is 12.3 Å². The first-order chi connectivity index (χ1) is 7.55. The van der Waals surface area contributed by atoms with Gasteiger partial charge in [0.05, 0.1) is 0 Å². The van der Waals surface area contributed by atoms with E-state index in [4.69, 9.17) is 5.73 Å². The number of hydrogen-bond donors (Lipinski definition) is 1. The van der Waals surface area contributed by atoms with Crippen LogP contribution < -0.4 is 5.73 Å². The first kappa shape index (κ1) is 14.0. The van der Waals surface area contributed by atoms with E-state index in [1.54, 1.807) is 11.8 Å². The third kappa shape index (κ3) is 4.85. The molecule has 90 valence electrons. The summed E-state index contributed by atoms with van der Waals surface area (Å²) in [5, 5.41) is 1.08. The van der Waals surface area contributed by atoms with Crippen LogP contribution in [0.3, 0.4) is 0 Å². The maximum atomic E-state index is 5.70. The number of hydrogen-bond acceptors (Lipinski definition) is 3. The molecule has 1 aromatic heterocycles. The largest absolute Gasteiger partial charge is 0.330 e. The lowest BCUT2D eigenvalue weighted by Gasteiger charge is -2.21. The van der Waals surface area contributed by atoms with E-state index in [1.165, 1.54) is 12.8 Å². The van der Waals surface area contributed by atoms with Gasteiger partial charge in [0.25, 0.3) is 0 Å². The van der Waals surface area contributed by atoms with Crippen molar-refractivity contribution in [2.45, 2.75) is 31.7 Å². The topological polar surface area (TPSA) is 38.9 Å². The Morgan fingerprint density at radius 1 is 1.50 bits per heavy atom. The van der Waals surface area contributed by atoms with Crippen molar-refractivity contribution in [3.8, 4) is 0 Å². The van der Waals surface area contributed by atoms with Crippen LogP contribution in [0.1, 0.15) is 26.7 Å². The lowest BCUT2D eigenvalue weighted by molar-refractivity contribution is 0.345. The second kappa shape index (κ2) is 6.62. The first-order valence-corrected chi connectivity index (χ1v) is 7.26. The monoisotopic (exact) mass is 302 g/mol. The second-order valence-corrected chi connectivity index (χ2v) is 6.55. The predicted molar refractivity (Wildman–Crippen MR) is 74.7 cm³/mol. The zero-order valence-electron chi connectivity index (χ0n) is 9.87. The molecule has 0 spiro atoms. The minimum absolute atomic E-state index is 0.266. The molecule has 2 nitrogen and oxygen atoms in total. The molecule has 0 aliphatic heterocycles. The van der Waals surface area contributed by atoms with Gasteiger partial charge in [-0.05, 0) is 58.6 Å². The van der Waals surface area contributed by atoms with E-state index in [-0.39, 0.29) is 5.41 Å². The van der Waals surface area contributed by atoms with Crippen molar-refractivity contribution in [3.63, 3.8) is 0 Å². The molecule has 0 aliphatic rings. The zero-order valence-corrected chi connectivity index (χ0v) is 12.3. The molecule has 0 saturated carbocycles. The minimum atomic E-state index is 0.266. The molecule has 0 aliphatic carbocycles. The molecule has 0 radical (unpaired) electrons. The highest BCUT2D eigenvalue weighted by Crippen LogP contribution is 2.27. The quantitative estimate of drug-likeness (QED) is 0.643. The van der Waals surface area contributed by atoms with Crippen LogP contribution in [0.2, 0.25) is 0 Å². The highest BCUT2D eigenvalue weighted by molar-refractivity contribution is 9.10. The lowest BCUT2D eigenvalue weighted by Crippen LogP contribution is -2.23. The van der Waals surface area contributed by atoms with Crippen LogP contribution in [-0.4, -0.2) is 17.3 Å². The summed E-state index contributed by atoms with van der Waals surface area (Å²) in [7, 11) is 0. The minimum Gasteiger partial charge on any atom is -0.330 e. The Kier molecular flexibility index (Phi) is 5.79. The summed E-state index contributed by atoms with van der Waals surface area (Å²) in [5.74, 6) is 1.10. The standard InChI is InChI=1S/C12H19BrN2S/c1-12(2,9-14)6-4-8-16-11-10(13)5-3-7-15-11/h3,5,7H,4,6,8-9,14H2,1-2H3. The van der Waals surface area contributed by atoms with E-state index in [2.05, 4.69) is 34.8 Å². The fraction of sp³-hybridized carbons (Fsp3) is 0.583. The van der Waals surface area contributed by atoms with Crippen LogP contribution in [0, 0.1) is 5.41 Å². The van der Waals surface area contributed by atoms with Crippen molar-refractivity contribution in [2.24, 2.45) is 11.1 Å². The first-order valence-electron chi connectivity index (χ1n) is 5.48. The Labute approximate surface area is 111 Å². The Bertz CT molecular complexity index is 329. The Balaban J connectivity index is 2.29. The van der Waals surface area contributed by atoms with Gasteiger partial charge in [0.1, 0.15) is 5.03 Å². The van der Waals surface area contributed by atoms with Gasteiger partial charge in [-0.25, -0.2) is 4.98 Å². The Morgan fingerprint density at radius 2 is 2.25 bits per heavy atom. The highest BCUT2D eigenvalue weighted by atomic mass is 79.9. The van der Waals surface area contributed by atoms with E-state index >= 15 is 0 Å². The van der Waals surface area contributed by atoms with Crippen molar-refractivity contribution >= 4 is 27.7 Å². The molecule has 0 amide bonds. The lowest BCUT2D eigenvalue weighted by atomic mass is 9.88. The third-order valence-corrected chi connectivity index (χ3v) is 4.51. The normalized spacial score (nSPS) is 11.8. The van der Waals surface area contributed by atoms with Gasteiger partial charge in [-0.1, -0.05) is 13.8 Å². The van der Waals surface area contributed by atoms with Gasteiger partial charge >= 0.3 is 0 Å². The highest BCUT2D eigenvalue weighted by Gasteiger charge is 2.14. The fourth-order valence-electron chi connectivity index (χ4n) is 1.30. The Morgan fingerprint density at radius 3 is 2.88 bits per heavy atom. The van der Waals surface area contributed by atoms with Gasteiger partial charge in [0.15, 0.2) is 0 Å². The van der Waals surface area contributed by atoms with Gasteiger partial charge in [0.2, 0.25) is 0 Å². The molecule has 1 rings (SSSR count). The Hall–Kier alpha value is -0.0600. The van der Waals surface area contributed by atoms with Gasteiger partial charge in [-0.2, -0.15) is 0 Å². The SMILES string of the molecule is CC(C)(CN)CCCSc1ncccc1Br. The number of nitrogens with two attached hydrogens (primary N) is 1. The summed E-state index contributed by atoms with van der Waals surface area (Å²) < 4.78 is 1.08. The van der Waals surface area contributed by atoms with Crippen LogP contribution in [0.5, 0.6) is 0 Å². The second-order valence-electron chi connectivity index (χ2n) is 4.61. The molecule has 0 unspecified atom stereocenters. The molecule has 1 aromatic rings. The van der Waals surface area contributed by atoms with Crippen molar-refractivity contribution in [1.82, 2.24) is 4.98 Å². The van der Waals surface area contributed by atoms with Crippen LogP contribution in [0.4, 0.5) is 0 Å². The van der Waals surface area contributed by atoms with Gasteiger partial charge in [-0.3, -0.25) is 0 Å². The number of aromatic nitrogens is 1. The van der Waals surface area contributed by atoms with Crippen LogP contribution in [-0.2, 0) is 0 Å². The summed E-state index contributed by atoms with van der Waals surface area (Å²) in [6, 6.07) is 3.96. The molecule has 0 saturated heterocycles. The van der Waals surface area contributed by atoms with Crippen molar-refractivity contribution in [3.05, 3.63) is 22.8 Å². The fourth-order valence-corrected chi connectivity index (χ4v) is 2.72. The molecule has 2 N–H and O–H groups in total. The van der Waals surface area contributed by atoms with E-state index in [1.807, 2.05) is 18.3 Å². The summed E-state index contributed by atoms with van der Waals surface area (Å²) in [5.41, 5.74) is 5.96. The number of pyridine rings is 1. The summed E-state index contributed by atoms with van der Waals surface area (Å²) in [4.78, 5) is 4.32. The maximum Gasteiger partial charge on any atom is 0.110 e. The average molecular weight is 303 g/mol. The molecule has 0 atom stereocenters. The molecular formula is C12H19BrN2S. The summed E-state index contributed by atoms with van der Waals surface area (Å²) in [6.45, 7) is 5.19. The predicted octanol–water partition coefficient (Wildman–Crippen LogP) is 3.70. The molecule has 1 heterocycles. The summed E-state index contributed by atoms with van der Waals surface area (Å²) in [6.07, 6.45) is 4.18. The smallest absolute Gasteiger partial charge is 0.110 e. The van der Waals surface area contributed by atoms with E-state index in [0.29, 0.717) is 0 Å². The van der Waals surface area contributed by atoms with Gasteiger partial charge < -0.3 is 5.73 Å². The third-order valence-electron chi connectivity index (χ3n) is 2.51. The van der Waals surface area contributed by atoms with Gasteiger partial charge in [0, 0.05) is 10.7 Å². The maximum absolute atomic E-state index is 5.70. The van der Waals surface area contributed by atoms with Crippen LogP contribution in [0.25, 0.3) is 0 Å². The van der Waals surface area contributed by atoms with E-state index < -0.39 is 0 Å². The van der Waals surface area contributed by atoms with Crippen LogP contribution in [0.15, 0.2) is 27.8 Å². The summed E-state index contributed by atoms with van der Waals surface area (Å²) >= 11 is 5.30. The molecule has 4 heteroatoms. The molecule has 0 bridgehead atoms. The van der Waals surface area contributed by atoms with E-state index in [9.17, 15) is 0 Å².